The standard InChI is InChI=1S/C13H12N4/c14-10-11-4-3-8-16-13(11)17-9-6-12-5-1-2-7-15-12/h1-5,7-8H,6,9H2,(H,16,17). The fraction of sp³-hybridized carbons (Fsp3) is 0.154. The molecule has 2 aromatic heterocycles. The first-order chi connectivity index (χ1) is 8.40. The first-order valence-corrected chi connectivity index (χ1v) is 5.39. The highest BCUT2D eigenvalue weighted by Crippen LogP contribution is 2.09. The van der Waals surface area contributed by atoms with Gasteiger partial charge in [0.1, 0.15) is 11.9 Å². The van der Waals surface area contributed by atoms with E-state index in [1.807, 2.05) is 18.2 Å². The van der Waals surface area contributed by atoms with E-state index in [0.29, 0.717) is 17.9 Å². The Labute approximate surface area is 100.0 Å². The van der Waals surface area contributed by atoms with Crippen LogP contribution in [0.3, 0.4) is 0 Å². The molecule has 2 rings (SSSR count). The lowest BCUT2D eigenvalue weighted by Gasteiger charge is -2.06. The zero-order valence-electron chi connectivity index (χ0n) is 9.30. The molecule has 2 aromatic rings. The van der Waals surface area contributed by atoms with Crippen LogP contribution in [0.1, 0.15) is 11.3 Å². The van der Waals surface area contributed by atoms with Crippen molar-refractivity contribution < 1.29 is 0 Å². The fourth-order valence-electron chi connectivity index (χ4n) is 1.49. The lowest BCUT2D eigenvalue weighted by Crippen LogP contribution is -2.08. The Kier molecular flexibility index (Phi) is 3.66. The second-order valence-electron chi connectivity index (χ2n) is 3.51. The van der Waals surface area contributed by atoms with Gasteiger partial charge < -0.3 is 5.32 Å². The van der Waals surface area contributed by atoms with Crippen LogP contribution in [-0.2, 0) is 6.42 Å². The van der Waals surface area contributed by atoms with Gasteiger partial charge in [-0.25, -0.2) is 4.98 Å². The molecule has 84 valence electrons. The summed E-state index contributed by atoms with van der Waals surface area (Å²) in [6, 6.07) is 11.4. The molecule has 0 aliphatic carbocycles. The van der Waals surface area contributed by atoms with Crippen LogP contribution in [0, 0.1) is 11.3 Å². The summed E-state index contributed by atoms with van der Waals surface area (Å²) < 4.78 is 0. The maximum Gasteiger partial charge on any atom is 0.143 e. The van der Waals surface area contributed by atoms with Crippen LogP contribution in [0.2, 0.25) is 0 Å². The Balaban J connectivity index is 1.93. The van der Waals surface area contributed by atoms with Crippen molar-refractivity contribution in [3.05, 3.63) is 54.0 Å². The summed E-state index contributed by atoms with van der Waals surface area (Å²) in [5.41, 5.74) is 1.59. The van der Waals surface area contributed by atoms with E-state index < -0.39 is 0 Å². The number of nitrogens with zero attached hydrogens (tertiary/aromatic N) is 3. The number of anilines is 1. The van der Waals surface area contributed by atoms with Crippen molar-refractivity contribution in [2.24, 2.45) is 0 Å². The van der Waals surface area contributed by atoms with Gasteiger partial charge in [0.05, 0.1) is 5.56 Å². The number of hydrogen-bond acceptors (Lipinski definition) is 4. The van der Waals surface area contributed by atoms with Gasteiger partial charge in [-0.3, -0.25) is 4.98 Å². The lowest BCUT2D eigenvalue weighted by molar-refractivity contribution is 0.953. The molecule has 0 atom stereocenters. The number of nitrogens with one attached hydrogen (secondary N) is 1. The monoisotopic (exact) mass is 224 g/mol. The summed E-state index contributed by atoms with van der Waals surface area (Å²) in [5.74, 6) is 0.630. The van der Waals surface area contributed by atoms with E-state index in [9.17, 15) is 0 Å². The van der Waals surface area contributed by atoms with Gasteiger partial charge in [0, 0.05) is 31.1 Å². The lowest BCUT2D eigenvalue weighted by atomic mass is 10.2. The van der Waals surface area contributed by atoms with E-state index in [-0.39, 0.29) is 0 Å². The molecular weight excluding hydrogens is 212 g/mol. The highest BCUT2D eigenvalue weighted by molar-refractivity contribution is 5.51. The predicted octanol–water partition coefficient (Wildman–Crippen LogP) is 2.00. The van der Waals surface area contributed by atoms with Crippen LogP contribution in [0.4, 0.5) is 5.82 Å². The van der Waals surface area contributed by atoms with E-state index in [1.165, 1.54) is 0 Å². The molecule has 0 radical (unpaired) electrons. The molecule has 0 aliphatic heterocycles. The van der Waals surface area contributed by atoms with E-state index in [0.717, 1.165) is 12.1 Å². The van der Waals surface area contributed by atoms with Gasteiger partial charge in [-0.1, -0.05) is 6.07 Å². The average molecular weight is 224 g/mol. The number of nitriles is 1. The smallest absolute Gasteiger partial charge is 0.143 e. The summed E-state index contributed by atoms with van der Waals surface area (Å²) in [7, 11) is 0. The molecule has 17 heavy (non-hydrogen) atoms. The average Bonchev–Trinajstić information content (AvgIpc) is 2.40. The molecule has 0 saturated heterocycles. The van der Waals surface area contributed by atoms with Crippen LogP contribution < -0.4 is 5.32 Å². The summed E-state index contributed by atoms with van der Waals surface area (Å²) in [5, 5.41) is 12.0. The van der Waals surface area contributed by atoms with Crippen molar-refractivity contribution in [2.75, 3.05) is 11.9 Å². The van der Waals surface area contributed by atoms with Gasteiger partial charge in [-0.2, -0.15) is 5.26 Å². The maximum atomic E-state index is 8.89. The first kappa shape index (κ1) is 11.1. The number of hydrogen-bond donors (Lipinski definition) is 1. The largest absolute Gasteiger partial charge is 0.369 e. The number of pyridine rings is 2. The SMILES string of the molecule is N#Cc1cccnc1NCCc1ccccn1. The molecule has 0 spiro atoms. The van der Waals surface area contributed by atoms with E-state index >= 15 is 0 Å². The highest BCUT2D eigenvalue weighted by Gasteiger charge is 2.01. The van der Waals surface area contributed by atoms with Gasteiger partial charge in [-0.15, -0.1) is 0 Å². The second kappa shape index (κ2) is 5.61. The zero-order chi connectivity index (χ0) is 11.9. The predicted molar refractivity (Wildman–Crippen MR) is 65.4 cm³/mol. The third-order valence-electron chi connectivity index (χ3n) is 2.33. The van der Waals surface area contributed by atoms with Crippen LogP contribution in [0.5, 0.6) is 0 Å². The maximum absolute atomic E-state index is 8.89. The van der Waals surface area contributed by atoms with Crippen molar-refractivity contribution in [3.8, 4) is 6.07 Å². The summed E-state index contributed by atoms with van der Waals surface area (Å²) in [6.07, 6.45) is 4.25. The third-order valence-corrected chi connectivity index (χ3v) is 2.33. The molecule has 0 fully saturated rings. The van der Waals surface area contributed by atoms with Crippen LogP contribution in [0.15, 0.2) is 42.7 Å². The Morgan fingerprint density at radius 1 is 1.12 bits per heavy atom. The van der Waals surface area contributed by atoms with Gasteiger partial charge >= 0.3 is 0 Å². The van der Waals surface area contributed by atoms with Crippen LogP contribution in [0.25, 0.3) is 0 Å². The fourth-order valence-corrected chi connectivity index (χ4v) is 1.49. The summed E-state index contributed by atoms with van der Waals surface area (Å²) in [6.45, 7) is 0.711. The topological polar surface area (TPSA) is 61.6 Å². The third kappa shape index (κ3) is 3.02. The van der Waals surface area contributed by atoms with Crippen molar-refractivity contribution in [1.29, 1.82) is 5.26 Å². The molecule has 0 saturated carbocycles. The van der Waals surface area contributed by atoms with E-state index in [1.54, 1.807) is 24.5 Å². The van der Waals surface area contributed by atoms with Crippen molar-refractivity contribution >= 4 is 5.82 Å². The minimum atomic E-state index is 0.563. The molecule has 4 nitrogen and oxygen atoms in total. The van der Waals surface area contributed by atoms with Crippen LogP contribution in [-0.4, -0.2) is 16.5 Å². The Morgan fingerprint density at radius 3 is 2.76 bits per heavy atom. The summed E-state index contributed by atoms with van der Waals surface area (Å²) in [4.78, 5) is 8.35. The normalized spacial score (nSPS) is 9.59. The van der Waals surface area contributed by atoms with Crippen molar-refractivity contribution in [1.82, 2.24) is 9.97 Å². The van der Waals surface area contributed by atoms with Crippen molar-refractivity contribution in [3.63, 3.8) is 0 Å². The summed E-state index contributed by atoms with van der Waals surface area (Å²) >= 11 is 0. The van der Waals surface area contributed by atoms with E-state index in [4.69, 9.17) is 5.26 Å². The molecule has 0 aromatic carbocycles. The zero-order valence-corrected chi connectivity index (χ0v) is 9.30. The minimum absolute atomic E-state index is 0.563. The Bertz CT molecular complexity index is 516. The first-order valence-electron chi connectivity index (χ1n) is 5.39. The molecule has 0 bridgehead atoms. The Hall–Kier alpha value is -2.41. The van der Waals surface area contributed by atoms with Gasteiger partial charge in [0.15, 0.2) is 0 Å². The molecular formula is C13H12N4. The molecule has 0 aliphatic rings. The van der Waals surface area contributed by atoms with Gasteiger partial charge in [0.25, 0.3) is 0 Å². The van der Waals surface area contributed by atoms with Crippen LogP contribution >= 0.6 is 0 Å². The molecule has 1 N–H and O–H groups in total. The highest BCUT2D eigenvalue weighted by atomic mass is 15.0. The van der Waals surface area contributed by atoms with Gasteiger partial charge in [-0.05, 0) is 24.3 Å². The minimum Gasteiger partial charge on any atom is -0.369 e. The van der Waals surface area contributed by atoms with Crippen molar-refractivity contribution in [2.45, 2.75) is 6.42 Å². The molecule has 0 amide bonds. The number of aromatic nitrogens is 2. The quantitative estimate of drug-likeness (QED) is 0.862. The number of rotatable bonds is 4. The Morgan fingerprint density at radius 2 is 2.00 bits per heavy atom. The molecule has 4 heteroatoms. The molecule has 2 heterocycles. The second-order valence-corrected chi connectivity index (χ2v) is 3.51. The van der Waals surface area contributed by atoms with E-state index in [2.05, 4.69) is 21.4 Å². The van der Waals surface area contributed by atoms with Gasteiger partial charge in [0.2, 0.25) is 0 Å². The molecule has 0 unspecified atom stereocenters.